The van der Waals surface area contributed by atoms with Crippen LogP contribution in [0.15, 0.2) is 18.5 Å². The molecule has 0 aromatic carbocycles. The van der Waals surface area contributed by atoms with Crippen molar-refractivity contribution in [3.05, 3.63) is 29.8 Å². The van der Waals surface area contributed by atoms with Crippen LogP contribution in [0.1, 0.15) is 23.2 Å². The van der Waals surface area contributed by atoms with Crippen LogP contribution in [0.25, 0.3) is 0 Å². The summed E-state index contributed by atoms with van der Waals surface area (Å²) in [5, 5.41) is 2.43. The van der Waals surface area contributed by atoms with E-state index < -0.39 is 23.7 Å². The molecule has 6 nitrogen and oxygen atoms in total. The number of hydrogen-bond acceptors (Lipinski definition) is 4. The van der Waals surface area contributed by atoms with Crippen LogP contribution in [-0.4, -0.2) is 40.7 Å². The Morgan fingerprint density at radius 2 is 2.26 bits per heavy atom. The molecule has 0 spiro atoms. The topological polar surface area (TPSA) is 79.4 Å². The van der Waals surface area contributed by atoms with Gasteiger partial charge in [0, 0.05) is 19.7 Å². The number of nitrogens with zero attached hydrogens (tertiary/aromatic N) is 2. The maximum absolute atomic E-state index is 13.4. The SMILES string of the molecule is CN1C(=O)CCC(NC(=O)c2ccncc2F)C1=O. The molecule has 1 atom stereocenters. The zero-order valence-corrected chi connectivity index (χ0v) is 10.2. The molecular formula is C12H12FN3O3. The number of rotatable bonds is 2. The van der Waals surface area contributed by atoms with Gasteiger partial charge in [-0.1, -0.05) is 0 Å². The number of carbonyl (C=O) groups is 3. The van der Waals surface area contributed by atoms with Crippen molar-refractivity contribution in [2.24, 2.45) is 0 Å². The molecule has 0 saturated carbocycles. The smallest absolute Gasteiger partial charge is 0.255 e. The largest absolute Gasteiger partial charge is 0.340 e. The highest BCUT2D eigenvalue weighted by Gasteiger charge is 2.33. The van der Waals surface area contributed by atoms with E-state index in [0.29, 0.717) is 0 Å². The summed E-state index contributed by atoms with van der Waals surface area (Å²) >= 11 is 0. The van der Waals surface area contributed by atoms with Gasteiger partial charge in [-0.15, -0.1) is 0 Å². The first-order valence-electron chi connectivity index (χ1n) is 5.71. The predicted molar refractivity (Wildman–Crippen MR) is 62.5 cm³/mol. The molecule has 1 aliphatic rings. The van der Waals surface area contributed by atoms with E-state index in [0.717, 1.165) is 11.1 Å². The number of amides is 3. The molecule has 0 bridgehead atoms. The lowest BCUT2D eigenvalue weighted by atomic mass is 10.0. The van der Waals surface area contributed by atoms with Gasteiger partial charge in [0.15, 0.2) is 5.82 Å². The molecule has 1 fully saturated rings. The second kappa shape index (κ2) is 5.13. The minimum Gasteiger partial charge on any atom is -0.340 e. The number of pyridine rings is 1. The molecular weight excluding hydrogens is 253 g/mol. The summed E-state index contributed by atoms with van der Waals surface area (Å²) < 4.78 is 13.4. The Labute approximate surface area is 108 Å². The van der Waals surface area contributed by atoms with Crippen molar-refractivity contribution in [1.29, 1.82) is 0 Å². The summed E-state index contributed by atoms with van der Waals surface area (Å²) in [6, 6.07) is 0.426. The van der Waals surface area contributed by atoms with Crippen LogP contribution in [0.4, 0.5) is 4.39 Å². The third-order valence-corrected chi connectivity index (χ3v) is 2.97. The number of imide groups is 1. The van der Waals surface area contributed by atoms with Crippen LogP contribution in [0.5, 0.6) is 0 Å². The van der Waals surface area contributed by atoms with Gasteiger partial charge in [0.2, 0.25) is 5.91 Å². The van der Waals surface area contributed by atoms with Crippen LogP contribution in [0.2, 0.25) is 0 Å². The van der Waals surface area contributed by atoms with E-state index in [-0.39, 0.29) is 24.3 Å². The van der Waals surface area contributed by atoms with Gasteiger partial charge in [0.25, 0.3) is 11.8 Å². The quantitative estimate of drug-likeness (QED) is 0.769. The average Bonchev–Trinajstić information content (AvgIpc) is 2.40. The predicted octanol–water partition coefficient (Wildman–Crippen LogP) is 0.0979. The van der Waals surface area contributed by atoms with Crippen molar-refractivity contribution in [1.82, 2.24) is 15.2 Å². The summed E-state index contributed by atoms with van der Waals surface area (Å²) in [6.07, 6.45) is 2.61. The van der Waals surface area contributed by atoms with Gasteiger partial charge < -0.3 is 5.32 Å². The van der Waals surface area contributed by atoms with E-state index in [1.165, 1.54) is 19.3 Å². The molecule has 1 saturated heterocycles. The van der Waals surface area contributed by atoms with Crippen molar-refractivity contribution in [2.75, 3.05) is 7.05 Å². The van der Waals surface area contributed by atoms with Crippen LogP contribution in [-0.2, 0) is 9.59 Å². The number of likely N-dealkylation sites (N-methyl/N-ethyl adjacent to an activating group) is 1. The van der Waals surface area contributed by atoms with Crippen molar-refractivity contribution in [3.8, 4) is 0 Å². The zero-order valence-electron chi connectivity index (χ0n) is 10.2. The molecule has 3 amide bonds. The summed E-state index contributed by atoms with van der Waals surface area (Å²) in [5.74, 6) is -2.22. The van der Waals surface area contributed by atoms with Crippen LogP contribution in [0, 0.1) is 5.82 Å². The molecule has 7 heteroatoms. The summed E-state index contributed by atoms with van der Waals surface area (Å²) in [6.45, 7) is 0. The minimum atomic E-state index is -0.803. The molecule has 0 radical (unpaired) electrons. The number of halogens is 1. The summed E-state index contributed by atoms with van der Waals surface area (Å²) in [7, 11) is 1.36. The van der Waals surface area contributed by atoms with Crippen molar-refractivity contribution in [2.45, 2.75) is 18.9 Å². The molecule has 1 aromatic rings. The lowest BCUT2D eigenvalue weighted by Crippen LogP contribution is -2.53. The lowest BCUT2D eigenvalue weighted by Gasteiger charge is -2.28. The summed E-state index contributed by atoms with van der Waals surface area (Å²) in [4.78, 5) is 39.4. The Bertz CT molecular complexity index is 547. The molecule has 19 heavy (non-hydrogen) atoms. The van der Waals surface area contributed by atoms with E-state index >= 15 is 0 Å². The highest BCUT2D eigenvalue weighted by Crippen LogP contribution is 2.13. The fourth-order valence-electron chi connectivity index (χ4n) is 1.84. The van der Waals surface area contributed by atoms with Gasteiger partial charge >= 0.3 is 0 Å². The maximum Gasteiger partial charge on any atom is 0.255 e. The summed E-state index contributed by atoms with van der Waals surface area (Å²) in [5.41, 5.74) is -0.178. The molecule has 2 heterocycles. The van der Waals surface area contributed by atoms with Gasteiger partial charge in [0.1, 0.15) is 6.04 Å². The molecule has 2 rings (SSSR count). The van der Waals surface area contributed by atoms with Crippen LogP contribution >= 0.6 is 0 Å². The number of hydrogen-bond donors (Lipinski definition) is 1. The monoisotopic (exact) mass is 265 g/mol. The molecule has 100 valence electrons. The molecule has 1 aliphatic heterocycles. The number of aromatic nitrogens is 1. The first-order valence-corrected chi connectivity index (χ1v) is 5.71. The fourth-order valence-corrected chi connectivity index (χ4v) is 1.84. The molecule has 0 aliphatic carbocycles. The molecule has 1 N–H and O–H groups in total. The number of carbonyl (C=O) groups excluding carboxylic acids is 3. The van der Waals surface area contributed by atoms with E-state index in [1.807, 2.05) is 0 Å². The van der Waals surface area contributed by atoms with E-state index in [9.17, 15) is 18.8 Å². The van der Waals surface area contributed by atoms with Crippen molar-refractivity contribution < 1.29 is 18.8 Å². The Morgan fingerprint density at radius 3 is 2.95 bits per heavy atom. The highest BCUT2D eigenvalue weighted by molar-refractivity contribution is 6.03. The van der Waals surface area contributed by atoms with Gasteiger partial charge in [0.05, 0.1) is 11.8 Å². The fraction of sp³-hybridized carbons (Fsp3) is 0.333. The van der Waals surface area contributed by atoms with E-state index in [2.05, 4.69) is 10.3 Å². The normalized spacial score (nSPS) is 19.5. The third kappa shape index (κ3) is 2.59. The van der Waals surface area contributed by atoms with Crippen molar-refractivity contribution in [3.63, 3.8) is 0 Å². The molecule has 1 aromatic heterocycles. The number of likely N-dealkylation sites (tertiary alicyclic amines) is 1. The second-order valence-electron chi connectivity index (χ2n) is 4.21. The van der Waals surface area contributed by atoms with Crippen LogP contribution < -0.4 is 5.32 Å². The number of nitrogens with one attached hydrogen (secondary N) is 1. The Balaban J connectivity index is 2.10. The maximum atomic E-state index is 13.4. The van der Waals surface area contributed by atoms with Crippen LogP contribution in [0.3, 0.4) is 0 Å². The Morgan fingerprint density at radius 1 is 1.53 bits per heavy atom. The highest BCUT2D eigenvalue weighted by atomic mass is 19.1. The minimum absolute atomic E-state index is 0.173. The zero-order chi connectivity index (χ0) is 14.0. The standard InChI is InChI=1S/C12H12FN3O3/c1-16-10(17)3-2-9(12(16)19)15-11(18)7-4-5-14-6-8(7)13/h4-6,9H,2-3H2,1H3,(H,15,18). The van der Waals surface area contributed by atoms with E-state index in [1.54, 1.807) is 0 Å². The average molecular weight is 265 g/mol. The van der Waals surface area contributed by atoms with Gasteiger partial charge in [-0.2, -0.15) is 0 Å². The Kier molecular flexibility index (Phi) is 3.55. The van der Waals surface area contributed by atoms with Crippen molar-refractivity contribution >= 4 is 17.7 Å². The Hall–Kier alpha value is -2.31. The lowest BCUT2D eigenvalue weighted by molar-refractivity contribution is -0.147. The van der Waals surface area contributed by atoms with Gasteiger partial charge in [-0.05, 0) is 12.5 Å². The van der Waals surface area contributed by atoms with E-state index in [4.69, 9.17) is 0 Å². The number of piperidine rings is 1. The second-order valence-corrected chi connectivity index (χ2v) is 4.21. The third-order valence-electron chi connectivity index (χ3n) is 2.97. The van der Waals surface area contributed by atoms with Gasteiger partial charge in [-0.3, -0.25) is 24.3 Å². The molecule has 1 unspecified atom stereocenters. The first-order chi connectivity index (χ1) is 9.00. The first kappa shape index (κ1) is 13.1. The van der Waals surface area contributed by atoms with Gasteiger partial charge in [-0.25, -0.2) is 4.39 Å².